The van der Waals surface area contributed by atoms with Crippen LogP contribution in [0, 0.1) is 6.92 Å². The van der Waals surface area contributed by atoms with E-state index in [9.17, 15) is 5.11 Å². The number of aryl methyl sites for hydroxylation is 1. The summed E-state index contributed by atoms with van der Waals surface area (Å²) >= 11 is 3.31. The minimum absolute atomic E-state index is 0.266. The SMILES string of the molecule is Cc1ccncc1CNCc1ccc(O)c(Br)c1. The summed E-state index contributed by atoms with van der Waals surface area (Å²) in [5.41, 5.74) is 3.57. The van der Waals surface area contributed by atoms with Gasteiger partial charge in [-0.15, -0.1) is 0 Å². The van der Waals surface area contributed by atoms with E-state index in [1.807, 2.05) is 24.4 Å². The maximum Gasteiger partial charge on any atom is 0.129 e. The second kappa shape index (κ2) is 5.98. The summed E-state index contributed by atoms with van der Waals surface area (Å²) < 4.78 is 0.722. The van der Waals surface area contributed by atoms with Crippen LogP contribution in [0.15, 0.2) is 41.1 Å². The third-order valence-corrected chi connectivity index (χ3v) is 3.44. The van der Waals surface area contributed by atoms with Crippen molar-refractivity contribution in [2.24, 2.45) is 0 Å². The Kier molecular flexibility index (Phi) is 4.33. The van der Waals surface area contributed by atoms with E-state index in [4.69, 9.17) is 0 Å². The van der Waals surface area contributed by atoms with Crippen LogP contribution >= 0.6 is 15.9 Å². The fourth-order valence-corrected chi connectivity index (χ4v) is 2.11. The van der Waals surface area contributed by atoms with Crippen molar-refractivity contribution in [3.8, 4) is 5.75 Å². The molecule has 0 aliphatic carbocycles. The van der Waals surface area contributed by atoms with Crippen molar-refractivity contribution in [1.82, 2.24) is 10.3 Å². The van der Waals surface area contributed by atoms with Gasteiger partial charge in [-0.2, -0.15) is 0 Å². The summed E-state index contributed by atoms with van der Waals surface area (Å²) in [6.45, 7) is 3.63. The van der Waals surface area contributed by atoms with Crippen LogP contribution < -0.4 is 5.32 Å². The molecule has 0 bridgehead atoms. The Hall–Kier alpha value is -1.39. The van der Waals surface area contributed by atoms with Gasteiger partial charge in [-0.3, -0.25) is 4.98 Å². The number of hydrogen-bond donors (Lipinski definition) is 2. The smallest absolute Gasteiger partial charge is 0.129 e. The van der Waals surface area contributed by atoms with E-state index >= 15 is 0 Å². The van der Waals surface area contributed by atoms with Crippen LogP contribution in [0.3, 0.4) is 0 Å². The number of rotatable bonds is 4. The monoisotopic (exact) mass is 306 g/mol. The van der Waals surface area contributed by atoms with E-state index in [-0.39, 0.29) is 5.75 Å². The molecule has 0 radical (unpaired) electrons. The van der Waals surface area contributed by atoms with Crippen molar-refractivity contribution in [2.45, 2.75) is 20.0 Å². The first-order chi connectivity index (χ1) is 8.66. The van der Waals surface area contributed by atoms with Crippen LogP contribution in [0.1, 0.15) is 16.7 Å². The topological polar surface area (TPSA) is 45.2 Å². The minimum Gasteiger partial charge on any atom is -0.507 e. The normalized spacial score (nSPS) is 10.6. The van der Waals surface area contributed by atoms with Gasteiger partial charge < -0.3 is 10.4 Å². The summed E-state index contributed by atoms with van der Waals surface area (Å²) in [6.07, 6.45) is 3.69. The third kappa shape index (κ3) is 3.31. The predicted octanol–water partition coefficient (Wildman–Crippen LogP) is 3.15. The highest BCUT2D eigenvalue weighted by molar-refractivity contribution is 9.10. The fraction of sp³-hybridized carbons (Fsp3) is 0.214. The van der Waals surface area contributed by atoms with Crippen molar-refractivity contribution in [3.05, 3.63) is 57.8 Å². The molecule has 0 unspecified atom stereocenters. The highest BCUT2D eigenvalue weighted by Gasteiger charge is 2.01. The maximum atomic E-state index is 9.41. The number of hydrogen-bond acceptors (Lipinski definition) is 3. The maximum absolute atomic E-state index is 9.41. The van der Waals surface area contributed by atoms with E-state index in [0.717, 1.165) is 23.1 Å². The van der Waals surface area contributed by atoms with Crippen molar-refractivity contribution >= 4 is 15.9 Å². The zero-order valence-corrected chi connectivity index (χ0v) is 11.7. The number of aromatic hydroxyl groups is 1. The molecule has 0 saturated heterocycles. The number of nitrogens with zero attached hydrogens (tertiary/aromatic N) is 1. The van der Waals surface area contributed by atoms with Gasteiger partial charge >= 0.3 is 0 Å². The highest BCUT2D eigenvalue weighted by atomic mass is 79.9. The van der Waals surface area contributed by atoms with Crippen LogP contribution in [0.4, 0.5) is 0 Å². The van der Waals surface area contributed by atoms with E-state index in [0.29, 0.717) is 0 Å². The molecule has 0 aliphatic heterocycles. The molecule has 0 saturated carbocycles. The zero-order valence-electron chi connectivity index (χ0n) is 10.2. The lowest BCUT2D eigenvalue weighted by molar-refractivity contribution is 0.471. The van der Waals surface area contributed by atoms with Gasteiger partial charge in [-0.1, -0.05) is 6.07 Å². The molecule has 2 N–H and O–H groups in total. The first kappa shape index (κ1) is 13.1. The lowest BCUT2D eigenvalue weighted by Gasteiger charge is -2.08. The molecule has 2 aromatic rings. The summed E-state index contributed by atoms with van der Waals surface area (Å²) in [4.78, 5) is 4.12. The van der Waals surface area contributed by atoms with Crippen molar-refractivity contribution in [1.29, 1.82) is 0 Å². The van der Waals surface area contributed by atoms with Crippen LogP contribution in [-0.4, -0.2) is 10.1 Å². The molecule has 18 heavy (non-hydrogen) atoms. The quantitative estimate of drug-likeness (QED) is 0.912. The first-order valence-electron chi connectivity index (χ1n) is 5.74. The van der Waals surface area contributed by atoms with Crippen LogP contribution in [-0.2, 0) is 13.1 Å². The third-order valence-electron chi connectivity index (χ3n) is 2.80. The molecule has 0 aliphatic rings. The Morgan fingerprint density at radius 3 is 2.83 bits per heavy atom. The summed E-state index contributed by atoms with van der Waals surface area (Å²) in [6, 6.07) is 7.52. The molecule has 1 aromatic heterocycles. The van der Waals surface area contributed by atoms with Gasteiger partial charge in [0, 0.05) is 25.5 Å². The van der Waals surface area contributed by atoms with Crippen LogP contribution in [0.25, 0.3) is 0 Å². The van der Waals surface area contributed by atoms with Crippen LogP contribution in [0.5, 0.6) is 5.75 Å². The molecule has 2 rings (SSSR count). The Balaban J connectivity index is 1.92. The molecular formula is C14H15BrN2O. The molecule has 1 aromatic carbocycles. The highest BCUT2D eigenvalue weighted by Crippen LogP contribution is 2.24. The largest absolute Gasteiger partial charge is 0.507 e. The van der Waals surface area contributed by atoms with Gasteiger partial charge in [0.2, 0.25) is 0 Å². The van der Waals surface area contributed by atoms with E-state index < -0.39 is 0 Å². The Morgan fingerprint density at radius 1 is 1.28 bits per heavy atom. The number of phenolic OH excluding ortho intramolecular Hbond substituents is 1. The van der Waals surface area contributed by atoms with Gasteiger partial charge in [-0.05, 0) is 57.7 Å². The number of pyridine rings is 1. The fourth-order valence-electron chi connectivity index (χ4n) is 1.68. The number of aromatic nitrogens is 1. The predicted molar refractivity (Wildman–Crippen MR) is 75.3 cm³/mol. The van der Waals surface area contributed by atoms with Gasteiger partial charge in [0.25, 0.3) is 0 Å². The molecular weight excluding hydrogens is 292 g/mol. The molecule has 3 nitrogen and oxygen atoms in total. The van der Waals surface area contributed by atoms with Gasteiger partial charge in [0.05, 0.1) is 4.47 Å². The molecule has 94 valence electrons. The summed E-state index contributed by atoms with van der Waals surface area (Å²) in [7, 11) is 0. The molecule has 1 heterocycles. The Labute approximate surface area is 115 Å². The zero-order chi connectivity index (χ0) is 13.0. The average molecular weight is 307 g/mol. The van der Waals surface area contributed by atoms with Crippen molar-refractivity contribution in [3.63, 3.8) is 0 Å². The molecule has 0 spiro atoms. The van der Waals surface area contributed by atoms with Crippen molar-refractivity contribution < 1.29 is 5.11 Å². The second-order valence-electron chi connectivity index (χ2n) is 4.19. The molecule has 0 fully saturated rings. The average Bonchev–Trinajstić information content (AvgIpc) is 2.36. The molecule has 0 amide bonds. The molecule has 0 atom stereocenters. The Bertz CT molecular complexity index is 543. The van der Waals surface area contributed by atoms with Crippen LogP contribution in [0.2, 0.25) is 0 Å². The van der Waals surface area contributed by atoms with E-state index in [1.54, 1.807) is 12.3 Å². The number of halogens is 1. The first-order valence-corrected chi connectivity index (χ1v) is 6.53. The second-order valence-corrected chi connectivity index (χ2v) is 5.05. The van der Waals surface area contributed by atoms with E-state index in [1.165, 1.54) is 11.1 Å². The lowest BCUT2D eigenvalue weighted by atomic mass is 10.1. The number of benzene rings is 1. The number of nitrogens with one attached hydrogen (secondary N) is 1. The van der Waals surface area contributed by atoms with Gasteiger partial charge in [-0.25, -0.2) is 0 Å². The number of phenols is 1. The molecule has 4 heteroatoms. The van der Waals surface area contributed by atoms with Gasteiger partial charge in [0.15, 0.2) is 0 Å². The standard InChI is InChI=1S/C14H15BrN2O/c1-10-4-5-16-8-12(10)9-17-7-11-2-3-14(18)13(15)6-11/h2-6,8,17-18H,7,9H2,1H3. The summed E-state index contributed by atoms with van der Waals surface area (Å²) in [5.74, 6) is 0.266. The minimum atomic E-state index is 0.266. The van der Waals surface area contributed by atoms with Crippen molar-refractivity contribution in [2.75, 3.05) is 0 Å². The lowest BCUT2D eigenvalue weighted by Crippen LogP contribution is -2.13. The Morgan fingerprint density at radius 2 is 2.11 bits per heavy atom. The van der Waals surface area contributed by atoms with Gasteiger partial charge in [0.1, 0.15) is 5.75 Å². The summed E-state index contributed by atoms with van der Waals surface area (Å²) in [5, 5.41) is 12.8. The van der Waals surface area contributed by atoms with E-state index in [2.05, 4.69) is 33.2 Å².